The van der Waals surface area contributed by atoms with Crippen LogP contribution in [0, 0.1) is 0 Å². The first-order valence-electron chi connectivity index (χ1n) is 4.01. The van der Waals surface area contributed by atoms with Gasteiger partial charge in [0, 0.05) is 5.02 Å². The molecule has 4 nitrogen and oxygen atoms in total. The second-order valence-electron chi connectivity index (χ2n) is 2.92. The van der Waals surface area contributed by atoms with Crippen LogP contribution in [0.5, 0.6) is 0 Å². The second kappa shape index (κ2) is 4.41. The first kappa shape index (κ1) is 11.0. The Morgan fingerprint density at radius 1 is 1.36 bits per heavy atom. The number of aliphatic hydroxyl groups is 1. The normalized spacial score (nSPS) is 14.8. The van der Waals surface area contributed by atoms with E-state index >= 15 is 0 Å². The van der Waals surface area contributed by atoms with Crippen LogP contribution >= 0.6 is 11.6 Å². The molecule has 0 aliphatic carbocycles. The summed E-state index contributed by atoms with van der Waals surface area (Å²) >= 11 is 5.65. The van der Waals surface area contributed by atoms with Crippen LogP contribution in [0.1, 0.15) is 11.7 Å². The van der Waals surface area contributed by atoms with E-state index in [1.165, 1.54) is 0 Å². The predicted molar refractivity (Wildman–Crippen MR) is 53.6 cm³/mol. The van der Waals surface area contributed by atoms with Crippen molar-refractivity contribution in [3.05, 3.63) is 34.9 Å². The van der Waals surface area contributed by atoms with Crippen LogP contribution < -0.4 is 11.5 Å². The van der Waals surface area contributed by atoms with E-state index in [1.54, 1.807) is 24.3 Å². The van der Waals surface area contributed by atoms with Gasteiger partial charge in [-0.3, -0.25) is 4.79 Å². The molecule has 1 aromatic rings. The third-order valence-corrected chi connectivity index (χ3v) is 2.13. The standard InChI is InChI=1S/C9H11ClN2O2/c10-6-3-1-5(2-4-6)8(13)7(11)9(12)14/h1-4,7-8,13H,11H2,(H2,12,14). The molecule has 0 bridgehead atoms. The van der Waals surface area contributed by atoms with Crippen molar-refractivity contribution in [1.29, 1.82) is 0 Å². The van der Waals surface area contributed by atoms with Crippen molar-refractivity contribution in [3.63, 3.8) is 0 Å². The van der Waals surface area contributed by atoms with Crippen molar-refractivity contribution in [3.8, 4) is 0 Å². The van der Waals surface area contributed by atoms with E-state index in [0.29, 0.717) is 10.6 Å². The molecule has 2 atom stereocenters. The first-order valence-corrected chi connectivity index (χ1v) is 4.38. The monoisotopic (exact) mass is 214 g/mol. The molecular weight excluding hydrogens is 204 g/mol. The fraction of sp³-hybridized carbons (Fsp3) is 0.222. The van der Waals surface area contributed by atoms with Crippen molar-refractivity contribution >= 4 is 17.5 Å². The van der Waals surface area contributed by atoms with Gasteiger partial charge in [0.05, 0.1) is 0 Å². The van der Waals surface area contributed by atoms with Gasteiger partial charge in [-0.05, 0) is 17.7 Å². The van der Waals surface area contributed by atoms with Crippen molar-refractivity contribution in [2.24, 2.45) is 11.5 Å². The maximum atomic E-state index is 10.7. The number of halogens is 1. The summed E-state index contributed by atoms with van der Waals surface area (Å²) in [6, 6.07) is 5.30. The molecule has 0 aliphatic heterocycles. The summed E-state index contributed by atoms with van der Waals surface area (Å²) in [4.78, 5) is 10.7. The minimum absolute atomic E-state index is 0.515. The van der Waals surface area contributed by atoms with E-state index in [2.05, 4.69) is 0 Å². The lowest BCUT2D eigenvalue weighted by Crippen LogP contribution is -2.41. The Kier molecular flexibility index (Phi) is 3.46. The van der Waals surface area contributed by atoms with Crippen LogP contribution in [0.4, 0.5) is 0 Å². The maximum absolute atomic E-state index is 10.7. The molecule has 2 unspecified atom stereocenters. The van der Waals surface area contributed by atoms with Crippen LogP contribution in [0.3, 0.4) is 0 Å². The molecule has 1 aromatic carbocycles. The highest BCUT2D eigenvalue weighted by atomic mass is 35.5. The number of rotatable bonds is 3. The molecule has 5 heteroatoms. The summed E-state index contributed by atoms with van der Waals surface area (Å²) in [7, 11) is 0. The van der Waals surface area contributed by atoms with Crippen LogP contribution in [-0.2, 0) is 4.79 Å². The number of nitrogens with two attached hydrogens (primary N) is 2. The minimum atomic E-state index is -1.10. The molecule has 0 saturated heterocycles. The number of aliphatic hydroxyl groups excluding tert-OH is 1. The topological polar surface area (TPSA) is 89.3 Å². The van der Waals surface area contributed by atoms with Gasteiger partial charge in [-0.15, -0.1) is 0 Å². The fourth-order valence-corrected chi connectivity index (χ4v) is 1.15. The van der Waals surface area contributed by atoms with Gasteiger partial charge in [0.25, 0.3) is 0 Å². The van der Waals surface area contributed by atoms with Crippen molar-refractivity contribution in [2.75, 3.05) is 0 Å². The van der Waals surface area contributed by atoms with Crippen molar-refractivity contribution in [2.45, 2.75) is 12.1 Å². The minimum Gasteiger partial charge on any atom is -0.386 e. The van der Waals surface area contributed by atoms with Crippen LogP contribution in [0.25, 0.3) is 0 Å². The second-order valence-corrected chi connectivity index (χ2v) is 3.36. The summed E-state index contributed by atoms with van der Waals surface area (Å²) in [6.07, 6.45) is -1.09. The van der Waals surface area contributed by atoms with Gasteiger partial charge in [0.1, 0.15) is 12.1 Å². The van der Waals surface area contributed by atoms with Gasteiger partial charge in [0.15, 0.2) is 0 Å². The number of benzene rings is 1. The van der Waals surface area contributed by atoms with Gasteiger partial charge in [0.2, 0.25) is 5.91 Å². The number of carbonyl (C=O) groups is 1. The molecule has 5 N–H and O–H groups in total. The zero-order valence-electron chi connectivity index (χ0n) is 7.35. The van der Waals surface area contributed by atoms with Gasteiger partial charge in [-0.25, -0.2) is 0 Å². The largest absolute Gasteiger partial charge is 0.386 e. The summed E-state index contributed by atoms with van der Waals surface area (Å²) in [5.41, 5.74) is 10.8. The zero-order valence-corrected chi connectivity index (χ0v) is 8.11. The fourth-order valence-electron chi connectivity index (χ4n) is 1.02. The summed E-state index contributed by atoms with van der Waals surface area (Å²) < 4.78 is 0. The number of hydrogen-bond acceptors (Lipinski definition) is 3. The molecule has 76 valence electrons. The Bertz CT molecular complexity index is 326. The number of primary amides is 1. The maximum Gasteiger partial charge on any atom is 0.237 e. The molecule has 0 radical (unpaired) electrons. The van der Waals surface area contributed by atoms with Crippen molar-refractivity contribution in [1.82, 2.24) is 0 Å². The third-order valence-electron chi connectivity index (χ3n) is 1.88. The van der Waals surface area contributed by atoms with Crippen LogP contribution in [0.15, 0.2) is 24.3 Å². The summed E-state index contributed by atoms with van der Waals surface area (Å²) in [5.74, 6) is -0.743. The van der Waals surface area contributed by atoms with Gasteiger partial charge in [-0.1, -0.05) is 23.7 Å². The lowest BCUT2D eigenvalue weighted by Gasteiger charge is -2.15. The van der Waals surface area contributed by atoms with Crippen LogP contribution in [0.2, 0.25) is 5.02 Å². The van der Waals surface area contributed by atoms with Crippen LogP contribution in [-0.4, -0.2) is 17.1 Å². The summed E-state index contributed by atoms with van der Waals surface area (Å²) in [6.45, 7) is 0. The number of hydrogen-bond donors (Lipinski definition) is 3. The Morgan fingerprint density at radius 3 is 2.29 bits per heavy atom. The molecular formula is C9H11ClN2O2. The van der Waals surface area contributed by atoms with E-state index in [4.69, 9.17) is 23.1 Å². The molecule has 1 rings (SSSR count). The lowest BCUT2D eigenvalue weighted by molar-refractivity contribution is -0.121. The lowest BCUT2D eigenvalue weighted by atomic mass is 10.0. The van der Waals surface area contributed by atoms with E-state index in [-0.39, 0.29) is 0 Å². The van der Waals surface area contributed by atoms with Gasteiger partial charge < -0.3 is 16.6 Å². The Labute approximate surface area is 86.5 Å². The average molecular weight is 215 g/mol. The first-order chi connectivity index (χ1) is 6.52. The Morgan fingerprint density at radius 2 is 1.86 bits per heavy atom. The van der Waals surface area contributed by atoms with E-state index in [1.807, 2.05) is 0 Å². The summed E-state index contributed by atoms with van der Waals surface area (Å²) in [5, 5.41) is 10.1. The highest BCUT2D eigenvalue weighted by Gasteiger charge is 2.21. The molecule has 0 aliphatic rings. The highest BCUT2D eigenvalue weighted by molar-refractivity contribution is 6.30. The quantitative estimate of drug-likeness (QED) is 0.671. The number of carbonyl (C=O) groups excluding carboxylic acids is 1. The van der Waals surface area contributed by atoms with Gasteiger partial charge >= 0.3 is 0 Å². The number of amides is 1. The average Bonchev–Trinajstić information content (AvgIpc) is 2.16. The SMILES string of the molecule is NC(=O)C(N)C(O)c1ccc(Cl)cc1. The molecule has 0 saturated carbocycles. The third kappa shape index (κ3) is 2.45. The van der Waals surface area contributed by atoms with E-state index < -0.39 is 18.1 Å². The Hall–Kier alpha value is -1.10. The molecule has 1 amide bonds. The molecule has 14 heavy (non-hydrogen) atoms. The predicted octanol–water partition coefficient (Wildman–Crippen LogP) is 0.186. The Balaban J connectivity index is 2.84. The molecule has 0 aromatic heterocycles. The molecule has 0 heterocycles. The van der Waals surface area contributed by atoms with Gasteiger partial charge in [-0.2, -0.15) is 0 Å². The molecule has 0 fully saturated rings. The van der Waals surface area contributed by atoms with Crippen molar-refractivity contribution < 1.29 is 9.90 Å². The smallest absolute Gasteiger partial charge is 0.237 e. The van der Waals surface area contributed by atoms with E-state index in [0.717, 1.165) is 0 Å². The zero-order chi connectivity index (χ0) is 10.7. The molecule has 0 spiro atoms. The van der Waals surface area contributed by atoms with E-state index in [9.17, 15) is 9.90 Å². The highest BCUT2D eigenvalue weighted by Crippen LogP contribution is 2.18.